The largest absolute Gasteiger partial charge is 0.320 e. The van der Waals surface area contributed by atoms with Gasteiger partial charge in [-0.05, 0) is 13.3 Å². The molecule has 1 amide bonds. The van der Waals surface area contributed by atoms with Gasteiger partial charge >= 0.3 is 0 Å². The Hall–Kier alpha value is -1.08. The van der Waals surface area contributed by atoms with Crippen LogP contribution in [0.1, 0.15) is 13.3 Å². The monoisotopic (exact) mass is 333 g/mol. The molecule has 20 heavy (non-hydrogen) atoms. The first kappa shape index (κ1) is 15.3. The molecule has 0 saturated heterocycles. The first-order valence-electron chi connectivity index (χ1n) is 5.23. The van der Waals surface area contributed by atoms with Gasteiger partial charge in [0.05, 0.1) is 5.41 Å². The standard InChI is InChI=1S/C11H6Cl2F5NO/c1-10(2-11(10,12)13)9(20)19-8-6(17)4(15)3(14)5(16)7(8)18/h2H2,1H3,(H,19,20)/t10-/m0/s1. The molecular formula is C11H6Cl2F5NO. The van der Waals surface area contributed by atoms with E-state index in [-0.39, 0.29) is 6.42 Å². The summed E-state index contributed by atoms with van der Waals surface area (Å²) in [5.74, 6) is -11.9. The summed E-state index contributed by atoms with van der Waals surface area (Å²) in [6, 6.07) is 0. The van der Waals surface area contributed by atoms with Crippen molar-refractivity contribution in [3.8, 4) is 0 Å². The molecule has 1 aromatic carbocycles. The molecule has 1 N–H and O–H groups in total. The molecule has 1 saturated carbocycles. The fourth-order valence-corrected chi connectivity index (χ4v) is 2.32. The molecule has 1 aliphatic rings. The van der Waals surface area contributed by atoms with Gasteiger partial charge in [-0.25, -0.2) is 22.0 Å². The van der Waals surface area contributed by atoms with Gasteiger partial charge in [-0.3, -0.25) is 4.79 Å². The summed E-state index contributed by atoms with van der Waals surface area (Å²) >= 11 is 11.4. The number of anilines is 1. The maximum atomic E-state index is 13.4. The van der Waals surface area contributed by atoms with Crippen LogP contribution in [-0.4, -0.2) is 10.2 Å². The van der Waals surface area contributed by atoms with Crippen molar-refractivity contribution in [3.05, 3.63) is 29.1 Å². The predicted octanol–water partition coefficient (Wildman–Crippen LogP) is 3.90. The molecule has 0 aromatic heterocycles. The molecule has 110 valence electrons. The molecule has 1 aromatic rings. The first-order valence-corrected chi connectivity index (χ1v) is 5.99. The van der Waals surface area contributed by atoms with Crippen LogP contribution in [0, 0.1) is 34.5 Å². The van der Waals surface area contributed by atoms with Crippen LogP contribution < -0.4 is 5.32 Å². The minimum absolute atomic E-state index is 0.00958. The normalized spacial score (nSPS) is 23.6. The van der Waals surface area contributed by atoms with Crippen LogP contribution in [0.15, 0.2) is 0 Å². The highest BCUT2D eigenvalue weighted by Gasteiger charge is 2.68. The highest BCUT2D eigenvalue weighted by Crippen LogP contribution is 2.64. The average molecular weight is 334 g/mol. The van der Waals surface area contributed by atoms with E-state index in [0.29, 0.717) is 0 Å². The molecule has 0 aliphatic heterocycles. The van der Waals surface area contributed by atoms with Crippen LogP contribution in [0.25, 0.3) is 0 Å². The fourth-order valence-electron chi connectivity index (χ4n) is 1.61. The lowest BCUT2D eigenvalue weighted by Crippen LogP contribution is -2.27. The Kier molecular flexibility index (Phi) is 3.41. The maximum Gasteiger partial charge on any atom is 0.233 e. The van der Waals surface area contributed by atoms with Crippen LogP contribution in [0.5, 0.6) is 0 Å². The van der Waals surface area contributed by atoms with Crippen LogP contribution in [0.2, 0.25) is 0 Å². The van der Waals surface area contributed by atoms with Crippen LogP contribution in [0.4, 0.5) is 27.6 Å². The van der Waals surface area contributed by atoms with E-state index in [1.54, 1.807) is 5.32 Å². The molecule has 1 fully saturated rings. The number of rotatable bonds is 2. The van der Waals surface area contributed by atoms with Crippen molar-refractivity contribution in [3.63, 3.8) is 0 Å². The van der Waals surface area contributed by atoms with Crippen LogP contribution >= 0.6 is 23.2 Å². The summed E-state index contributed by atoms with van der Waals surface area (Å²) < 4.78 is 64.0. The summed E-state index contributed by atoms with van der Waals surface area (Å²) in [7, 11) is 0. The van der Waals surface area contributed by atoms with E-state index < -0.39 is 50.4 Å². The molecular weight excluding hydrogens is 328 g/mol. The molecule has 2 rings (SSSR count). The second-order valence-electron chi connectivity index (χ2n) is 4.61. The zero-order valence-corrected chi connectivity index (χ0v) is 11.3. The van der Waals surface area contributed by atoms with Crippen molar-refractivity contribution in [2.45, 2.75) is 17.7 Å². The number of halogens is 7. The maximum absolute atomic E-state index is 13.4. The Bertz CT molecular complexity index is 592. The Balaban J connectivity index is 2.39. The highest BCUT2D eigenvalue weighted by molar-refractivity contribution is 6.53. The number of alkyl halides is 2. The summed E-state index contributed by atoms with van der Waals surface area (Å²) in [6.45, 7) is 1.30. The van der Waals surface area contributed by atoms with Gasteiger partial charge in [-0.2, -0.15) is 0 Å². The lowest BCUT2D eigenvalue weighted by Gasteiger charge is -2.14. The third kappa shape index (κ3) is 2.03. The highest BCUT2D eigenvalue weighted by atomic mass is 35.5. The second-order valence-corrected chi connectivity index (χ2v) is 6.10. The molecule has 0 bridgehead atoms. The van der Waals surface area contributed by atoms with Gasteiger partial charge in [0.25, 0.3) is 0 Å². The fraction of sp³-hybridized carbons (Fsp3) is 0.364. The number of nitrogens with one attached hydrogen (secondary N) is 1. The SMILES string of the molecule is C[C@@]1(C(=O)Nc2c(F)c(F)c(F)c(F)c2F)CC1(Cl)Cl. The van der Waals surface area contributed by atoms with E-state index in [9.17, 15) is 26.7 Å². The van der Waals surface area contributed by atoms with Gasteiger partial charge in [0, 0.05) is 0 Å². The summed E-state index contributed by atoms with van der Waals surface area (Å²) in [5.41, 5.74) is -2.79. The molecule has 0 unspecified atom stereocenters. The van der Waals surface area contributed by atoms with Gasteiger partial charge < -0.3 is 5.32 Å². The van der Waals surface area contributed by atoms with Crippen molar-refractivity contribution in [1.82, 2.24) is 0 Å². The quantitative estimate of drug-likeness (QED) is 0.378. The number of amides is 1. The minimum Gasteiger partial charge on any atom is -0.320 e. The molecule has 0 heterocycles. The van der Waals surface area contributed by atoms with Crippen LogP contribution in [-0.2, 0) is 4.79 Å². The van der Waals surface area contributed by atoms with E-state index in [1.165, 1.54) is 6.92 Å². The number of hydrogen-bond donors (Lipinski definition) is 1. The smallest absolute Gasteiger partial charge is 0.233 e. The lowest BCUT2D eigenvalue weighted by molar-refractivity contribution is -0.120. The number of hydrogen-bond acceptors (Lipinski definition) is 1. The summed E-state index contributed by atoms with van der Waals surface area (Å²) in [5, 5.41) is 1.64. The number of carbonyl (C=O) groups excluding carboxylic acids is 1. The van der Waals surface area contributed by atoms with E-state index >= 15 is 0 Å². The van der Waals surface area contributed by atoms with Gasteiger partial charge in [0.15, 0.2) is 23.3 Å². The third-order valence-electron chi connectivity index (χ3n) is 3.21. The summed E-state index contributed by atoms with van der Waals surface area (Å²) in [6.07, 6.45) is -0.00958. The van der Waals surface area contributed by atoms with Gasteiger partial charge in [-0.1, -0.05) is 0 Å². The molecule has 0 radical (unpaired) electrons. The Labute approximate surface area is 119 Å². The Morgan fingerprint density at radius 2 is 1.35 bits per heavy atom. The topological polar surface area (TPSA) is 29.1 Å². The van der Waals surface area contributed by atoms with E-state index in [1.807, 2.05) is 0 Å². The molecule has 1 aliphatic carbocycles. The van der Waals surface area contributed by atoms with Gasteiger partial charge in [0.2, 0.25) is 11.7 Å². The van der Waals surface area contributed by atoms with Crippen LogP contribution in [0.3, 0.4) is 0 Å². The third-order valence-corrected chi connectivity index (χ3v) is 4.31. The van der Waals surface area contributed by atoms with Crippen molar-refractivity contribution in [2.24, 2.45) is 5.41 Å². The number of carbonyl (C=O) groups is 1. The molecule has 2 nitrogen and oxygen atoms in total. The average Bonchev–Trinajstić information content (AvgIpc) is 2.90. The van der Waals surface area contributed by atoms with Crippen molar-refractivity contribution in [1.29, 1.82) is 0 Å². The minimum atomic E-state index is -2.31. The zero-order chi connectivity index (χ0) is 15.5. The van der Waals surface area contributed by atoms with Crippen molar-refractivity contribution < 1.29 is 26.7 Å². The predicted molar refractivity (Wildman–Crippen MR) is 62.0 cm³/mol. The zero-order valence-electron chi connectivity index (χ0n) is 9.76. The van der Waals surface area contributed by atoms with E-state index in [2.05, 4.69) is 0 Å². The summed E-state index contributed by atoms with van der Waals surface area (Å²) in [4.78, 5) is 11.8. The Morgan fingerprint density at radius 3 is 1.70 bits per heavy atom. The molecule has 9 heteroatoms. The second kappa shape index (κ2) is 4.46. The first-order chi connectivity index (χ1) is 9.03. The van der Waals surface area contributed by atoms with Crippen molar-refractivity contribution >= 4 is 34.8 Å². The van der Waals surface area contributed by atoms with E-state index in [0.717, 1.165) is 0 Å². The van der Waals surface area contributed by atoms with Crippen molar-refractivity contribution in [2.75, 3.05) is 5.32 Å². The number of benzene rings is 1. The van der Waals surface area contributed by atoms with E-state index in [4.69, 9.17) is 23.2 Å². The molecule has 0 spiro atoms. The lowest BCUT2D eigenvalue weighted by atomic mass is 10.1. The Morgan fingerprint density at radius 1 is 1.00 bits per heavy atom. The van der Waals surface area contributed by atoms with Gasteiger partial charge in [0.1, 0.15) is 10.0 Å². The molecule has 1 atom stereocenters. The van der Waals surface area contributed by atoms with Gasteiger partial charge in [-0.15, -0.1) is 23.2 Å².